The summed E-state index contributed by atoms with van der Waals surface area (Å²) in [6.45, 7) is 0.457. The monoisotopic (exact) mass is 293 g/mol. The van der Waals surface area contributed by atoms with E-state index in [4.69, 9.17) is 5.11 Å². The van der Waals surface area contributed by atoms with Gasteiger partial charge in [-0.2, -0.15) is 0 Å². The Balaban J connectivity index is 1.89. The Morgan fingerprint density at radius 2 is 2.25 bits per heavy atom. The zero-order valence-corrected chi connectivity index (χ0v) is 11.6. The van der Waals surface area contributed by atoms with Gasteiger partial charge in [0.25, 0.3) is 0 Å². The third-order valence-corrected chi connectivity index (χ3v) is 4.09. The Morgan fingerprint density at radius 1 is 1.45 bits per heavy atom. The lowest BCUT2D eigenvalue weighted by Crippen LogP contribution is -2.39. The predicted molar refractivity (Wildman–Crippen MR) is 74.8 cm³/mol. The molecule has 20 heavy (non-hydrogen) atoms. The summed E-state index contributed by atoms with van der Waals surface area (Å²) in [6, 6.07) is 2.80. The number of hydrogen-bond acceptors (Lipinski definition) is 4. The molecule has 1 atom stereocenters. The van der Waals surface area contributed by atoms with Crippen molar-refractivity contribution < 1.29 is 19.5 Å². The van der Waals surface area contributed by atoms with Gasteiger partial charge in [-0.1, -0.05) is 12.1 Å². The van der Waals surface area contributed by atoms with Gasteiger partial charge in [0.05, 0.1) is 4.88 Å². The molecule has 0 saturated carbocycles. The van der Waals surface area contributed by atoms with Crippen molar-refractivity contribution in [2.75, 3.05) is 6.54 Å². The molecule has 6 heteroatoms. The fraction of sp³-hybridized carbons (Fsp3) is 0.357. The van der Waals surface area contributed by atoms with E-state index in [0.29, 0.717) is 24.3 Å². The van der Waals surface area contributed by atoms with Crippen molar-refractivity contribution in [3.63, 3.8) is 0 Å². The number of aliphatic carboxylic acids is 1. The predicted octanol–water partition coefficient (Wildman–Crippen LogP) is 1.95. The van der Waals surface area contributed by atoms with Gasteiger partial charge >= 0.3 is 5.97 Å². The van der Waals surface area contributed by atoms with E-state index in [1.54, 1.807) is 12.1 Å². The molecule has 0 bridgehead atoms. The molecule has 1 N–H and O–H groups in total. The van der Waals surface area contributed by atoms with Gasteiger partial charge < -0.3 is 10.0 Å². The Kier molecular flexibility index (Phi) is 4.68. The molecule has 1 aliphatic heterocycles. The first-order valence-corrected chi connectivity index (χ1v) is 7.24. The molecule has 1 fully saturated rings. The van der Waals surface area contributed by atoms with E-state index in [1.165, 1.54) is 28.4 Å². The lowest BCUT2D eigenvalue weighted by molar-refractivity contribution is -0.146. The van der Waals surface area contributed by atoms with Crippen LogP contribution < -0.4 is 0 Å². The molecule has 0 aromatic carbocycles. The number of rotatable bonds is 5. The molecule has 1 aromatic heterocycles. The first kappa shape index (κ1) is 14.5. The summed E-state index contributed by atoms with van der Waals surface area (Å²) >= 11 is 1.36. The highest BCUT2D eigenvalue weighted by molar-refractivity contribution is 7.12. The van der Waals surface area contributed by atoms with Crippen LogP contribution in [0, 0.1) is 0 Å². The number of carboxylic acid groups (broad SMARTS) is 1. The number of carbonyl (C=O) groups is 3. The molecule has 1 amide bonds. The fourth-order valence-corrected chi connectivity index (χ4v) is 2.86. The van der Waals surface area contributed by atoms with Gasteiger partial charge in [0.1, 0.15) is 6.04 Å². The Labute approximate surface area is 120 Å². The summed E-state index contributed by atoms with van der Waals surface area (Å²) in [5, 5.41) is 10.8. The molecule has 5 nitrogen and oxygen atoms in total. The Hall–Kier alpha value is -1.95. The third kappa shape index (κ3) is 3.33. The van der Waals surface area contributed by atoms with Crippen molar-refractivity contribution in [1.29, 1.82) is 0 Å². The molecule has 0 aliphatic carbocycles. The Bertz CT molecular complexity index is 535. The van der Waals surface area contributed by atoms with Crippen LogP contribution in [0.4, 0.5) is 0 Å². The van der Waals surface area contributed by atoms with Crippen LogP contribution >= 0.6 is 11.3 Å². The zero-order valence-electron chi connectivity index (χ0n) is 10.8. The average Bonchev–Trinajstić information content (AvgIpc) is 3.09. The molecule has 1 aliphatic rings. The van der Waals surface area contributed by atoms with Gasteiger partial charge in [0, 0.05) is 13.0 Å². The van der Waals surface area contributed by atoms with Gasteiger partial charge in [-0.05, 0) is 30.4 Å². The van der Waals surface area contributed by atoms with Crippen LogP contribution in [0.1, 0.15) is 28.9 Å². The van der Waals surface area contributed by atoms with Crippen LogP contribution in [-0.2, 0) is 9.59 Å². The molecular weight excluding hydrogens is 278 g/mol. The molecule has 0 radical (unpaired) electrons. The third-order valence-electron chi connectivity index (χ3n) is 3.18. The van der Waals surface area contributed by atoms with E-state index < -0.39 is 12.0 Å². The van der Waals surface area contributed by atoms with E-state index >= 15 is 0 Å². The molecule has 0 spiro atoms. The summed E-state index contributed by atoms with van der Waals surface area (Å²) in [5.74, 6) is -1.35. The summed E-state index contributed by atoms with van der Waals surface area (Å²) in [4.78, 5) is 36.6. The van der Waals surface area contributed by atoms with E-state index in [-0.39, 0.29) is 18.1 Å². The van der Waals surface area contributed by atoms with Crippen molar-refractivity contribution in [3.05, 3.63) is 34.5 Å². The average molecular weight is 293 g/mol. The highest BCUT2D eigenvalue weighted by Crippen LogP contribution is 2.18. The lowest BCUT2D eigenvalue weighted by atomic mass is 10.2. The SMILES string of the molecule is O=C(CC=CC(=O)N1CCC[C@H]1C(=O)O)c1cccs1. The number of carbonyl (C=O) groups excluding carboxylic acids is 2. The van der Waals surface area contributed by atoms with Gasteiger partial charge in [0.2, 0.25) is 5.91 Å². The zero-order chi connectivity index (χ0) is 14.5. The van der Waals surface area contributed by atoms with Gasteiger partial charge in [-0.25, -0.2) is 4.79 Å². The van der Waals surface area contributed by atoms with E-state index in [0.717, 1.165) is 0 Å². The highest BCUT2D eigenvalue weighted by atomic mass is 32.1. The van der Waals surface area contributed by atoms with E-state index in [2.05, 4.69) is 0 Å². The summed E-state index contributed by atoms with van der Waals surface area (Å²) in [6.07, 6.45) is 4.14. The highest BCUT2D eigenvalue weighted by Gasteiger charge is 2.32. The number of amides is 1. The van der Waals surface area contributed by atoms with Crippen molar-refractivity contribution in [1.82, 2.24) is 4.90 Å². The number of nitrogens with zero attached hydrogens (tertiary/aromatic N) is 1. The van der Waals surface area contributed by atoms with Crippen LogP contribution in [0.2, 0.25) is 0 Å². The molecule has 1 aromatic rings. The minimum Gasteiger partial charge on any atom is -0.480 e. The minimum absolute atomic E-state index is 0.0414. The standard InChI is InChI=1S/C14H15NO4S/c16-11(12-6-3-9-20-12)5-1-7-13(17)15-8-2-4-10(15)14(18)19/h1,3,6-7,9-10H,2,4-5,8H2,(H,18,19)/t10-/m0/s1. The number of allylic oxidation sites excluding steroid dienone is 1. The van der Waals surface area contributed by atoms with Crippen LogP contribution in [0.15, 0.2) is 29.7 Å². The van der Waals surface area contributed by atoms with Gasteiger partial charge in [0.15, 0.2) is 5.78 Å². The number of hydrogen-bond donors (Lipinski definition) is 1. The second-order valence-electron chi connectivity index (χ2n) is 4.53. The minimum atomic E-state index is -0.973. The number of ketones is 1. The van der Waals surface area contributed by atoms with E-state index in [1.807, 2.05) is 5.38 Å². The maximum Gasteiger partial charge on any atom is 0.326 e. The van der Waals surface area contributed by atoms with Crippen molar-refractivity contribution in [2.45, 2.75) is 25.3 Å². The summed E-state index contributed by atoms with van der Waals surface area (Å²) in [5.41, 5.74) is 0. The van der Waals surface area contributed by atoms with Crippen molar-refractivity contribution in [3.8, 4) is 0 Å². The first-order chi connectivity index (χ1) is 9.59. The second kappa shape index (κ2) is 6.47. The number of carboxylic acids is 1. The van der Waals surface area contributed by atoms with Crippen LogP contribution in [-0.4, -0.2) is 40.3 Å². The normalized spacial score (nSPS) is 18.6. The fourth-order valence-electron chi connectivity index (χ4n) is 2.19. The second-order valence-corrected chi connectivity index (χ2v) is 5.48. The number of thiophene rings is 1. The lowest BCUT2D eigenvalue weighted by Gasteiger charge is -2.19. The van der Waals surface area contributed by atoms with Gasteiger partial charge in [-0.3, -0.25) is 9.59 Å². The van der Waals surface area contributed by atoms with Crippen LogP contribution in [0.3, 0.4) is 0 Å². The first-order valence-electron chi connectivity index (χ1n) is 6.36. The van der Waals surface area contributed by atoms with Gasteiger partial charge in [-0.15, -0.1) is 11.3 Å². The largest absolute Gasteiger partial charge is 0.480 e. The molecule has 106 valence electrons. The molecular formula is C14H15NO4S. The Morgan fingerprint density at radius 3 is 2.90 bits per heavy atom. The molecule has 0 unspecified atom stereocenters. The molecule has 1 saturated heterocycles. The van der Waals surface area contributed by atoms with Crippen molar-refractivity contribution in [2.24, 2.45) is 0 Å². The maximum atomic E-state index is 11.9. The maximum absolute atomic E-state index is 11.9. The molecule has 2 rings (SSSR count). The van der Waals surface area contributed by atoms with Crippen molar-refractivity contribution >= 4 is 29.0 Å². The smallest absolute Gasteiger partial charge is 0.326 e. The summed E-state index contributed by atoms with van der Waals surface area (Å²) in [7, 11) is 0. The summed E-state index contributed by atoms with van der Waals surface area (Å²) < 4.78 is 0. The number of likely N-dealkylation sites (tertiary alicyclic amines) is 1. The molecule has 2 heterocycles. The quantitative estimate of drug-likeness (QED) is 0.665. The van der Waals surface area contributed by atoms with E-state index in [9.17, 15) is 14.4 Å². The topological polar surface area (TPSA) is 74.7 Å². The van der Waals surface area contributed by atoms with Crippen LogP contribution in [0.5, 0.6) is 0 Å². The van der Waals surface area contributed by atoms with Crippen LogP contribution in [0.25, 0.3) is 0 Å². The number of Topliss-reactive ketones (excluding diaryl/α,β-unsaturated/α-hetero) is 1.